The van der Waals surface area contributed by atoms with Crippen molar-refractivity contribution in [3.05, 3.63) is 32.7 Å². The van der Waals surface area contributed by atoms with E-state index in [9.17, 15) is 9.59 Å². The fraction of sp³-hybridized carbons (Fsp3) is 0.538. The maximum atomic E-state index is 12.0. The van der Waals surface area contributed by atoms with Crippen molar-refractivity contribution in [1.29, 1.82) is 0 Å². The van der Waals surface area contributed by atoms with E-state index in [-0.39, 0.29) is 17.6 Å². The van der Waals surface area contributed by atoms with Crippen LogP contribution in [-0.4, -0.2) is 30.2 Å². The molecule has 0 spiro atoms. The van der Waals surface area contributed by atoms with Gasteiger partial charge in [-0.1, -0.05) is 13.8 Å². The van der Waals surface area contributed by atoms with Gasteiger partial charge in [-0.2, -0.15) is 0 Å². The van der Waals surface area contributed by atoms with Gasteiger partial charge in [-0.25, -0.2) is 0 Å². The second kappa shape index (κ2) is 6.86. The van der Waals surface area contributed by atoms with Gasteiger partial charge in [0, 0.05) is 37.4 Å². The summed E-state index contributed by atoms with van der Waals surface area (Å²) in [6.45, 7) is 4.46. The zero-order valence-electron chi connectivity index (χ0n) is 11.6. The summed E-state index contributed by atoms with van der Waals surface area (Å²) in [5.74, 6) is 0.0182. The lowest BCUT2D eigenvalue weighted by molar-refractivity contribution is 0.0604. The van der Waals surface area contributed by atoms with Crippen LogP contribution in [0.3, 0.4) is 0 Å². The molecule has 0 radical (unpaired) electrons. The molecule has 0 aliphatic rings. The number of amides is 1. The number of carbonyl (C=O) groups is 1. The van der Waals surface area contributed by atoms with Crippen molar-refractivity contribution in [3.8, 4) is 0 Å². The van der Waals surface area contributed by atoms with Crippen LogP contribution in [0.1, 0.15) is 24.2 Å². The summed E-state index contributed by atoms with van der Waals surface area (Å²) in [4.78, 5) is 23.6. The molecule has 1 aromatic rings. The van der Waals surface area contributed by atoms with Gasteiger partial charge in [-0.05, 0) is 21.8 Å². The molecule has 1 unspecified atom stereocenters. The molecule has 5 nitrogen and oxygen atoms in total. The Labute approximate surface area is 121 Å². The maximum Gasteiger partial charge on any atom is 0.252 e. The van der Waals surface area contributed by atoms with Crippen LogP contribution >= 0.6 is 15.9 Å². The van der Waals surface area contributed by atoms with E-state index in [1.165, 1.54) is 10.6 Å². The minimum Gasteiger partial charge on any atom is -0.379 e. The molecule has 0 aromatic carbocycles. The fourth-order valence-electron chi connectivity index (χ4n) is 1.65. The van der Waals surface area contributed by atoms with Crippen molar-refractivity contribution in [2.45, 2.75) is 20.0 Å². The topological polar surface area (TPSA) is 60.3 Å². The number of nitrogens with one attached hydrogen (secondary N) is 1. The Bertz CT molecular complexity index is 511. The molecule has 0 bridgehead atoms. The van der Waals surface area contributed by atoms with Crippen LogP contribution in [0.2, 0.25) is 0 Å². The van der Waals surface area contributed by atoms with Crippen molar-refractivity contribution in [1.82, 2.24) is 9.88 Å². The minimum atomic E-state index is -0.285. The maximum absolute atomic E-state index is 12.0. The van der Waals surface area contributed by atoms with E-state index >= 15 is 0 Å². The van der Waals surface area contributed by atoms with Crippen LogP contribution in [-0.2, 0) is 11.8 Å². The summed E-state index contributed by atoms with van der Waals surface area (Å²) in [5.41, 5.74) is 0.113. The van der Waals surface area contributed by atoms with E-state index in [4.69, 9.17) is 4.74 Å². The number of aromatic nitrogens is 1. The molecule has 106 valence electrons. The summed E-state index contributed by atoms with van der Waals surface area (Å²) in [7, 11) is 3.25. The highest BCUT2D eigenvalue weighted by molar-refractivity contribution is 9.10. The third-order valence-corrected chi connectivity index (χ3v) is 3.57. The predicted octanol–water partition coefficient (Wildman–Crippen LogP) is 1.55. The summed E-state index contributed by atoms with van der Waals surface area (Å²) in [6, 6.07) is 1.32. The minimum absolute atomic E-state index is 0.0470. The van der Waals surface area contributed by atoms with Crippen molar-refractivity contribution in [2.75, 3.05) is 13.7 Å². The molecule has 0 fully saturated rings. The van der Waals surface area contributed by atoms with Gasteiger partial charge in [0.05, 0.1) is 11.7 Å². The molecule has 19 heavy (non-hydrogen) atoms. The molecule has 1 rings (SSSR count). The number of carbonyl (C=O) groups excluding carboxylic acids is 1. The summed E-state index contributed by atoms with van der Waals surface area (Å²) in [5, 5.41) is 2.78. The van der Waals surface area contributed by atoms with E-state index < -0.39 is 0 Å². The van der Waals surface area contributed by atoms with Crippen LogP contribution in [0.25, 0.3) is 0 Å². The van der Waals surface area contributed by atoms with Crippen LogP contribution in [0.4, 0.5) is 0 Å². The fourth-order valence-corrected chi connectivity index (χ4v) is 2.25. The van der Waals surface area contributed by atoms with Gasteiger partial charge in [0.1, 0.15) is 0 Å². The van der Waals surface area contributed by atoms with Gasteiger partial charge in [-0.3, -0.25) is 9.59 Å². The standard InChI is InChI=1S/C13H19BrN2O3/c1-8(2)11(19-4)6-15-13(18)9-5-12(17)16(3)7-10(9)14/h5,7-8,11H,6H2,1-4H3,(H,15,18). The first kappa shape index (κ1) is 15.9. The lowest BCUT2D eigenvalue weighted by Gasteiger charge is -2.19. The summed E-state index contributed by atoms with van der Waals surface area (Å²) < 4.78 is 7.28. The van der Waals surface area contributed by atoms with Gasteiger partial charge < -0.3 is 14.6 Å². The third kappa shape index (κ3) is 4.18. The van der Waals surface area contributed by atoms with Crippen molar-refractivity contribution in [2.24, 2.45) is 13.0 Å². The monoisotopic (exact) mass is 330 g/mol. The molecule has 1 heterocycles. The first-order chi connectivity index (χ1) is 8.86. The number of nitrogens with zero attached hydrogens (tertiary/aromatic N) is 1. The zero-order valence-corrected chi connectivity index (χ0v) is 13.2. The Morgan fingerprint density at radius 3 is 2.68 bits per heavy atom. The molecule has 1 amide bonds. The van der Waals surface area contributed by atoms with Crippen molar-refractivity contribution >= 4 is 21.8 Å². The summed E-state index contributed by atoms with van der Waals surface area (Å²) >= 11 is 3.28. The molecule has 6 heteroatoms. The highest BCUT2D eigenvalue weighted by Gasteiger charge is 2.16. The number of hydrogen-bond acceptors (Lipinski definition) is 3. The second-order valence-electron chi connectivity index (χ2n) is 4.71. The number of halogens is 1. The van der Waals surface area contributed by atoms with E-state index in [1.54, 1.807) is 20.4 Å². The second-order valence-corrected chi connectivity index (χ2v) is 5.57. The Kier molecular flexibility index (Phi) is 5.75. The van der Waals surface area contributed by atoms with Gasteiger partial charge in [0.15, 0.2) is 0 Å². The number of rotatable bonds is 5. The molecular weight excluding hydrogens is 312 g/mol. The Balaban J connectivity index is 2.79. The zero-order chi connectivity index (χ0) is 14.6. The predicted molar refractivity (Wildman–Crippen MR) is 77.4 cm³/mol. The van der Waals surface area contributed by atoms with E-state index in [2.05, 4.69) is 21.2 Å². The Morgan fingerprint density at radius 2 is 2.16 bits per heavy atom. The quantitative estimate of drug-likeness (QED) is 0.891. The SMILES string of the molecule is COC(CNC(=O)c1cc(=O)n(C)cc1Br)C(C)C. The van der Waals surface area contributed by atoms with Crippen LogP contribution in [0.5, 0.6) is 0 Å². The molecular formula is C13H19BrN2O3. The number of pyridine rings is 1. The molecule has 1 atom stereocenters. The van der Waals surface area contributed by atoms with Gasteiger partial charge in [-0.15, -0.1) is 0 Å². The highest BCUT2D eigenvalue weighted by Crippen LogP contribution is 2.13. The Morgan fingerprint density at radius 1 is 1.53 bits per heavy atom. The van der Waals surface area contributed by atoms with Crippen LogP contribution < -0.4 is 10.9 Å². The van der Waals surface area contributed by atoms with E-state index in [0.717, 1.165) is 0 Å². The van der Waals surface area contributed by atoms with E-state index in [0.29, 0.717) is 22.5 Å². The van der Waals surface area contributed by atoms with Crippen LogP contribution in [0, 0.1) is 5.92 Å². The average molecular weight is 331 g/mol. The first-order valence-corrected chi connectivity index (χ1v) is 6.83. The summed E-state index contributed by atoms with van der Waals surface area (Å²) in [6.07, 6.45) is 1.53. The molecule has 0 aliphatic heterocycles. The third-order valence-electron chi connectivity index (χ3n) is 2.93. The number of ether oxygens (including phenoxy) is 1. The largest absolute Gasteiger partial charge is 0.379 e. The smallest absolute Gasteiger partial charge is 0.252 e. The average Bonchev–Trinajstić information content (AvgIpc) is 2.33. The number of aryl methyl sites for hydroxylation is 1. The van der Waals surface area contributed by atoms with Gasteiger partial charge in [0.2, 0.25) is 0 Å². The molecule has 1 N–H and O–H groups in total. The first-order valence-electron chi connectivity index (χ1n) is 6.04. The van der Waals surface area contributed by atoms with Gasteiger partial charge >= 0.3 is 0 Å². The number of methoxy groups -OCH3 is 1. The molecule has 0 saturated carbocycles. The number of hydrogen-bond donors (Lipinski definition) is 1. The molecule has 1 aromatic heterocycles. The van der Waals surface area contributed by atoms with E-state index in [1.807, 2.05) is 13.8 Å². The highest BCUT2D eigenvalue weighted by atomic mass is 79.9. The van der Waals surface area contributed by atoms with Crippen molar-refractivity contribution in [3.63, 3.8) is 0 Å². The molecule has 0 aliphatic carbocycles. The van der Waals surface area contributed by atoms with Gasteiger partial charge in [0.25, 0.3) is 11.5 Å². The van der Waals surface area contributed by atoms with Crippen LogP contribution in [0.15, 0.2) is 21.5 Å². The molecule has 0 saturated heterocycles. The van der Waals surface area contributed by atoms with Crippen molar-refractivity contribution < 1.29 is 9.53 Å². The normalized spacial score (nSPS) is 12.5. The Hall–Kier alpha value is -1.14. The lowest BCUT2D eigenvalue weighted by Crippen LogP contribution is -2.36. The lowest BCUT2D eigenvalue weighted by atomic mass is 10.1.